The molecule has 0 atom stereocenters. The molecule has 4 rings (SSSR count). The van der Waals surface area contributed by atoms with Gasteiger partial charge in [0.25, 0.3) is 5.91 Å². The van der Waals surface area contributed by atoms with Crippen LogP contribution in [-0.2, 0) is 0 Å². The van der Waals surface area contributed by atoms with Crippen molar-refractivity contribution in [2.45, 2.75) is 6.92 Å². The first-order chi connectivity index (χ1) is 12.0. The van der Waals surface area contributed by atoms with Gasteiger partial charge in [-0.1, -0.05) is 29.3 Å². The Balaban J connectivity index is 1.77. The molecule has 0 aliphatic carbocycles. The SMILES string of the molecule is Cc1ccc2nc3sc(C(=O)Nc4cccc(Cl)c4)c(N)c3cc2c1. The molecule has 0 unspecified atom stereocenters. The van der Waals surface area contributed by atoms with Crippen molar-refractivity contribution in [3.8, 4) is 0 Å². The summed E-state index contributed by atoms with van der Waals surface area (Å²) in [6, 6.07) is 15.1. The van der Waals surface area contributed by atoms with E-state index in [0.29, 0.717) is 21.3 Å². The van der Waals surface area contributed by atoms with Crippen LogP contribution in [0.2, 0.25) is 5.02 Å². The highest BCUT2D eigenvalue weighted by Gasteiger charge is 2.18. The number of nitrogens with one attached hydrogen (secondary N) is 1. The van der Waals surface area contributed by atoms with Crippen LogP contribution in [-0.4, -0.2) is 10.9 Å². The summed E-state index contributed by atoms with van der Waals surface area (Å²) in [5.41, 5.74) is 9.36. The van der Waals surface area contributed by atoms with Gasteiger partial charge in [0.05, 0.1) is 11.2 Å². The third kappa shape index (κ3) is 2.92. The number of fused-ring (bicyclic) bond motifs is 2. The summed E-state index contributed by atoms with van der Waals surface area (Å²) >= 11 is 7.25. The summed E-state index contributed by atoms with van der Waals surface area (Å²) in [5.74, 6) is -0.261. The Morgan fingerprint density at radius 1 is 1.20 bits per heavy atom. The number of aromatic nitrogens is 1. The average molecular weight is 368 g/mol. The van der Waals surface area contributed by atoms with E-state index < -0.39 is 0 Å². The Morgan fingerprint density at radius 3 is 2.84 bits per heavy atom. The van der Waals surface area contributed by atoms with Gasteiger partial charge in [0.2, 0.25) is 0 Å². The number of pyridine rings is 1. The highest BCUT2D eigenvalue weighted by Crippen LogP contribution is 2.35. The van der Waals surface area contributed by atoms with E-state index in [0.717, 1.165) is 26.7 Å². The summed E-state index contributed by atoms with van der Waals surface area (Å²) in [7, 11) is 0. The lowest BCUT2D eigenvalue weighted by molar-refractivity contribution is 0.103. The number of anilines is 2. The van der Waals surface area contributed by atoms with Crippen LogP contribution in [0.5, 0.6) is 0 Å². The Hall–Kier alpha value is -2.63. The van der Waals surface area contributed by atoms with Crippen LogP contribution < -0.4 is 11.1 Å². The van der Waals surface area contributed by atoms with Crippen LogP contribution in [0.4, 0.5) is 11.4 Å². The molecule has 0 spiro atoms. The molecule has 0 saturated carbocycles. The van der Waals surface area contributed by atoms with Crippen molar-refractivity contribution >= 4 is 61.3 Å². The van der Waals surface area contributed by atoms with E-state index in [4.69, 9.17) is 17.3 Å². The minimum Gasteiger partial charge on any atom is -0.397 e. The summed E-state index contributed by atoms with van der Waals surface area (Å²) in [4.78, 5) is 18.5. The minimum atomic E-state index is -0.261. The second-order valence-corrected chi connectivity index (χ2v) is 7.28. The molecular formula is C19H14ClN3OS. The van der Waals surface area contributed by atoms with E-state index >= 15 is 0 Å². The predicted molar refractivity (Wildman–Crippen MR) is 106 cm³/mol. The molecule has 4 aromatic rings. The lowest BCUT2D eigenvalue weighted by Crippen LogP contribution is -2.11. The monoisotopic (exact) mass is 367 g/mol. The van der Waals surface area contributed by atoms with Gasteiger partial charge in [-0.15, -0.1) is 11.3 Å². The molecule has 0 radical (unpaired) electrons. The topological polar surface area (TPSA) is 68.0 Å². The standard InChI is InChI=1S/C19H14ClN3OS/c1-10-5-6-15-11(7-10)8-14-16(21)17(25-19(14)23-15)18(24)22-13-4-2-3-12(20)9-13/h2-9H,21H2,1H3,(H,22,24). The molecule has 3 N–H and O–H groups in total. The molecule has 0 saturated heterocycles. The molecule has 124 valence electrons. The van der Waals surface area contributed by atoms with Gasteiger partial charge in [0.1, 0.15) is 9.71 Å². The number of hydrogen-bond acceptors (Lipinski definition) is 4. The van der Waals surface area contributed by atoms with E-state index in [2.05, 4.69) is 16.4 Å². The maximum Gasteiger partial charge on any atom is 0.267 e. The Labute approximate surface area is 153 Å². The van der Waals surface area contributed by atoms with Crippen molar-refractivity contribution in [3.05, 3.63) is 64.0 Å². The molecule has 2 aromatic carbocycles. The molecule has 0 fully saturated rings. The minimum absolute atomic E-state index is 0.261. The second-order valence-electron chi connectivity index (χ2n) is 5.85. The number of nitrogen functional groups attached to an aromatic ring is 1. The average Bonchev–Trinajstić information content (AvgIpc) is 2.89. The highest BCUT2D eigenvalue weighted by atomic mass is 35.5. The fourth-order valence-electron chi connectivity index (χ4n) is 2.75. The molecule has 25 heavy (non-hydrogen) atoms. The molecule has 0 bridgehead atoms. The van der Waals surface area contributed by atoms with Crippen LogP contribution in [0.1, 0.15) is 15.2 Å². The fraction of sp³-hybridized carbons (Fsp3) is 0.0526. The van der Waals surface area contributed by atoms with Crippen LogP contribution in [0, 0.1) is 6.92 Å². The number of carbonyl (C=O) groups excluding carboxylic acids is 1. The predicted octanol–water partition coefficient (Wildman–Crippen LogP) is 5.25. The van der Waals surface area contributed by atoms with Gasteiger partial charge >= 0.3 is 0 Å². The lowest BCUT2D eigenvalue weighted by Gasteiger charge is -2.04. The number of thiophene rings is 1. The van der Waals surface area contributed by atoms with E-state index in [1.54, 1.807) is 24.3 Å². The zero-order valence-corrected chi connectivity index (χ0v) is 14.9. The number of halogens is 1. The first-order valence-electron chi connectivity index (χ1n) is 7.67. The van der Waals surface area contributed by atoms with Crippen molar-refractivity contribution in [3.63, 3.8) is 0 Å². The number of carbonyl (C=O) groups is 1. The summed E-state index contributed by atoms with van der Waals surface area (Å²) < 4.78 is 0. The number of benzene rings is 2. The molecule has 1 amide bonds. The van der Waals surface area contributed by atoms with Crippen LogP contribution in [0.15, 0.2) is 48.5 Å². The highest BCUT2D eigenvalue weighted by molar-refractivity contribution is 7.21. The van der Waals surface area contributed by atoms with E-state index in [9.17, 15) is 4.79 Å². The molecule has 2 heterocycles. The van der Waals surface area contributed by atoms with Gasteiger partial charge in [0, 0.05) is 21.5 Å². The zero-order chi connectivity index (χ0) is 17.6. The van der Waals surface area contributed by atoms with Crippen LogP contribution >= 0.6 is 22.9 Å². The fourth-order valence-corrected chi connectivity index (χ4v) is 3.92. The van der Waals surface area contributed by atoms with Gasteiger partial charge in [-0.3, -0.25) is 4.79 Å². The van der Waals surface area contributed by atoms with Crippen LogP contribution in [0.25, 0.3) is 21.1 Å². The van der Waals surface area contributed by atoms with Gasteiger partial charge in [-0.25, -0.2) is 4.98 Å². The number of nitrogens with two attached hydrogens (primary N) is 1. The number of aryl methyl sites for hydroxylation is 1. The summed E-state index contributed by atoms with van der Waals surface area (Å²) in [5, 5.41) is 5.21. The first-order valence-corrected chi connectivity index (χ1v) is 8.87. The summed E-state index contributed by atoms with van der Waals surface area (Å²) in [6.07, 6.45) is 0. The van der Waals surface area contributed by atoms with E-state index in [1.807, 2.05) is 25.1 Å². The molecule has 6 heteroatoms. The molecule has 4 nitrogen and oxygen atoms in total. The Morgan fingerprint density at radius 2 is 2.04 bits per heavy atom. The van der Waals surface area contributed by atoms with E-state index in [-0.39, 0.29) is 5.91 Å². The van der Waals surface area contributed by atoms with Crippen molar-refractivity contribution in [1.82, 2.24) is 4.98 Å². The maximum absolute atomic E-state index is 12.6. The molecule has 0 aliphatic rings. The Bertz CT molecular complexity index is 1140. The summed E-state index contributed by atoms with van der Waals surface area (Å²) in [6.45, 7) is 2.03. The molecule has 0 aliphatic heterocycles. The van der Waals surface area contributed by atoms with Gasteiger partial charge < -0.3 is 11.1 Å². The first kappa shape index (κ1) is 15.9. The number of nitrogens with zero attached hydrogens (tertiary/aromatic N) is 1. The number of rotatable bonds is 2. The molecule has 2 aromatic heterocycles. The normalized spacial score (nSPS) is 11.1. The van der Waals surface area contributed by atoms with Crippen LogP contribution in [0.3, 0.4) is 0 Å². The van der Waals surface area contributed by atoms with Crippen molar-refractivity contribution in [1.29, 1.82) is 0 Å². The molecular weight excluding hydrogens is 354 g/mol. The van der Waals surface area contributed by atoms with Crippen molar-refractivity contribution < 1.29 is 4.79 Å². The smallest absolute Gasteiger partial charge is 0.267 e. The largest absolute Gasteiger partial charge is 0.397 e. The van der Waals surface area contributed by atoms with Crippen molar-refractivity contribution in [2.75, 3.05) is 11.1 Å². The van der Waals surface area contributed by atoms with Gasteiger partial charge in [-0.2, -0.15) is 0 Å². The third-order valence-electron chi connectivity index (χ3n) is 3.96. The lowest BCUT2D eigenvalue weighted by atomic mass is 10.1. The number of amides is 1. The van der Waals surface area contributed by atoms with Gasteiger partial charge in [0.15, 0.2) is 0 Å². The Kier molecular flexibility index (Phi) is 3.82. The van der Waals surface area contributed by atoms with Crippen molar-refractivity contribution in [2.24, 2.45) is 0 Å². The third-order valence-corrected chi connectivity index (χ3v) is 5.31. The van der Waals surface area contributed by atoms with Gasteiger partial charge in [-0.05, 0) is 43.3 Å². The zero-order valence-electron chi connectivity index (χ0n) is 13.3. The maximum atomic E-state index is 12.6. The second kappa shape index (κ2) is 6.02. The number of hydrogen-bond donors (Lipinski definition) is 2. The quantitative estimate of drug-likeness (QED) is 0.508. The van der Waals surface area contributed by atoms with E-state index in [1.165, 1.54) is 11.3 Å².